The summed E-state index contributed by atoms with van der Waals surface area (Å²) in [6.07, 6.45) is 1.41. The van der Waals surface area contributed by atoms with E-state index in [1.54, 1.807) is 0 Å². The van der Waals surface area contributed by atoms with Crippen molar-refractivity contribution in [1.82, 2.24) is 0 Å². The lowest BCUT2D eigenvalue weighted by Gasteiger charge is -1.95. The fraction of sp³-hybridized carbons (Fsp3) is 0.400. The maximum Gasteiger partial charge on any atom is 0.00297 e. The van der Waals surface area contributed by atoms with E-state index in [9.17, 15) is 0 Å². The molecule has 1 saturated carbocycles. The zero-order valence-electron chi connectivity index (χ0n) is 6.33. The van der Waals surface area contributed by atoms with Crippen LogP contribution in [0.15, 0.2) is 30.3 Å². The lowest BCUT2D eigenvalue weighted by molar-refractivity contribution is 0.944. The van der Waals surface area contributed by atoms with Gasteiger partial charge in [-0.25, -0.2) is 0 Å². The van der Waals surface area contributed by atoms with Gasteiger partial charge in [-0.15, -0.1) is 0 Å². The minimum atomic E-state index is 0.882. The highest BCUT2D eigenvalue weighted by molar-refractivity contribution is 14.1. The van der Waals surface area contributed by atoms with Gasteiger partial charge in [0.1, 0.15) is 0 Å². The van der Waals surface area contributed by atoms with E-state index in [1.165, 1.54) is 16.4 Å². The van der Waals surface area contributed by atoms with Crippen molar-refractivity contribution in [3.63, 3.8) is 0 Å². The molecule has 0 saturated heterocycles. The highest BCUT2D eigenvalue weighted by Gasteiger charge is 2.36. The summed E-state index contributed by atoms with van der Waals surface area (Å²) in [7, 11) is 0. The number of benzene rings is 1. The Hall–Kier alpha value is -0.0500. The van der Waals surface area contributed by atoms with Crippen LogP contribution < -0.4 is 0 Å². The number of hydrogen-bond donors (Lipinski definition) is 0. The molecule has 0 spiro atoms. The zero-order valence-corrected chi connectivity index (χ0v) is 8.49. The van der Waals surface area contributed by atoms with Gasteiger partial charge in [0.05, 0.1) is 0 Å². The fourth-order valence-electron chi connectivity index (χ4n) is 1.53. The summed E-state index contributed by atoms with van der Waals surface area (Å²) in [6, 6.07) is 10.9. The zero-order chi connectivity index (χ0) is 7.68. The normalized spacial score (nSPS) is 28.5. The Morgan fingerprint density at radius 2 is 2.00 bits per heavy atom. The van der Waals surface area contributed by atoms with E-state index in [2.05, 4.69) is 52.9 Å². The predicted molar refractivity (Wildman–Crippen MR) is 56.2 cm³/mol. The summed E-state index contributed by atoms with van der Waals surface area (Å²) in [5, 5.41) is 0. The van der Waals surface area contributed by atoms with Gasteiger partial charge in [0, 0.05) is 4.43 Å². The average molecular weight is 258 g/mol. The molecule has 0 nitrogen and oxygen atoms in total. The maximum atomic E-state index is 2.48. The van der Waals surface area contributed by atoms with E-state index < -0.39 is 0 Å². The van der Waals surface area contributed by atoms with Gasteiger partial charge in [0.2, 0.25) is 0 Å². The minimum Gasteiger partial charge on any atom is -0.0861 e. The lowest BCUT2D eigenvalue weighted by Crippen LogP contribution is -1.82. The SMILES string of the molecule is ICC1CC1c1ccccc1. The molecule has 0 radical (unpaired) electrons. The Morgan fingerprint density at radius 1 is 1.27 bits per heavy atom. The summed E-state index contributed by atoms with van der Waals surface area (Å²) in [5.41, 5.74) is 1.54. The molecule has 0 N–H and O–H groups in total. The molecule has 0 bridgehead atoms. The topological polar surface area (TPSA) is 0 Å². The number of halogens is 1. The molecule has 1 fully saturated rings. The number of alkyl halides is 1. The third-order valence-electron chi connectivity index (χ3n) is 2.35. The second-order valence-electron chi connectivity index (χ2n) is 3.17. The van der Waals surface area contributed by atoms with Crippen LogP contribution in [-0.2, 0) is 0 Å². The second kappa shape index (κ2) is 3.13. The molecular formula is C10H11I. The van der Waals surface area contributed by atoms with Gasteiger partial charge in [-0.3, -0.25) is 0 Å². The van der Waals surface area contributed by atoms with E-state index in [0.29, 0.717) is 0 Å². The second-order valence-corrected chi connectivity index (χ2v) is 4.05. The first-order chi connectivity index (χ1) is 5.42. The molecular weight excluding hydrogens is 247 g/mol. The van der Waals surface area contributed by atoms with Gasteiger partial charge in [-0.1, -0.05) is 52.9 Å². The largest absolute Gasteiger partial charge is 0.0861 e. The molecule has 11 heavy (non-hydrogen) atoms. The van der Waals surface area contributed by atoms with Crippen LogP contribution in [0.4, 0.5) is 0 Å². The van der Waals surface area contributed by atoms with Crippen molar-refractivity contribution in [3.8, 4) is 0 Å². The first-order valence-electron chi connectivity index (χ1n) is 4.02. The molecule has 0 heterocycles. The average Bonchev–Trinajstić information content (AvgIpc) is 2.85. The molecule has 58 valence electrons. The number of rotatable bonds is 2. The Labute approximate surface area is 81.1 Å². The quantitative estimate of drug-likeness (QED) is 0.564. The standard InChI is InChI=1S/C10H11I/c11-7-9-6-10(9)8-4-2-1-3-5-8/h1-5,9-10H,6-7H2. The molecule has 1 aliphatic carbocycles. The fourth-order valence-corrected chi connectivity index (χ4v) is 2.50. The molecule has 1 aliphatic rings. The van der Waals surface area contributed by atoms with Crippen LogP contribution >= 0.6 is 22.6 Å². The molecule has 1 aromatic carbocycles. The molecule has 0 amide bonds. The van der Waals surface area contributed by atoms with Gasteiger partial charge in [-0.2, -0.15) is 0 Å². The Kier molecular flexibility index (Phi) is 2.16. The lowest BCUT2D eigenvalue weighted by atomic mass is 10.1. The van der Waals surface area contributed by atoms with Gasteiger partial charge in [0.15, 0.2) is 0 Å². The van der Waals surface area contributed by atoms with E-state index in [1.807, 2.05) is 0 Å². The van der Waals surface area contributed by atoms with Crippen LogP contribution in [0.5, 0.6) is 0 Å². The van der Waals surface area contributed by atoms with E-state index >= 15 is 0 Å². The molecule has 1 aromatic rings. The molecule has 0 aliphatic heterocycles. The van der Waals surface area contributed by atoms with Crippen LogP contribution in [0, 0.1) is 5.92 Å². The van der Waals surface area contributed by atoms with Gasteiger partial charge < -0.3 is 0 Å². The molecule has 2 atom stereocenters. The Bertz CT molecular complexity index is 230. The van der Waals surface area contributed by atoms with Crippen molar-refractivity contribution in [2.45, 2.75) is 12.3 Å². The third kappa shape index (κ3) is 1.58. The van der Waals surface area contributed by atoms with Gasteiger partial charge in [-0.05, 0) is 23.8 Å². The Morgan fingerprint density at radius 3 is 2.55 bits per heavy atom. The summed E-state index contributed by atoms with van der Waals surface area (Å²) >= 11 is 2.48. The van der Waals surface area contributed by atoms with Crippen LogP contribution in [0.2, 0.25) is 0 Å². The van der Waals surface area contributed by atoms with E-state index in [0.717, 1.165) is 11.8 Å². The molecule has 1 heteroatoms. The van der Waals surface area contributed by atoms with Crippen molar-refractivity contribution in [2.75, 3.05) is 4.43 Å². The first-order valence-corrected chi connectivity index (χ1v) is 5.55. The van der Waals surface area contributed by atoms with E-state index in [-0.39, 0.29) is 0 Å². The highest BCUT2D eigenvalue weighted by Crippen LogP contribution is 2.48. The molecule has 2 rings (SSSR count). The van der Waals surface area contributed by atoms with Crippen LogP contribution in [0.25, 0.3) is 0 Å². The molecule has 0 aromatic heterocycles. The summed E-state index contributed by atoms with van der Waals surface area (Å²) in [4.78, 5) is 0. The Balaban J connectivity index is 2.09. The summed E-state index contributed by atoms with van der Waals surface area (Å²) in [6.45, 7) is 0. The van der Waals surface area contributed by atoms with Crippen molar-refractivity contribution >= 4 is 22.6 Å². The maximum absolute atomic E-state index is 2.48. The molecule has 2 unspecified atom stereocenters. The third-order valence-corrected chi connectivity index (χ3v) is 3.48. The van der Waals surface area contributed by atoms with Crippen LogP contribution in [-0.4, -0.2) is 4.43 Å². The van der Waals surface area contributed by atoms with Crippen LogP contribution in [0.3, 0.4) is 0 Å². The summed E-state index contributed by atoms with van der Waals surface area (Å²) < 4.78 is 1.32. The van der Waals surface area contributed by atoms with Gasteiger partial charge >= 0.3 is 0 Å². The predicted octanol–water partition coefficient (Wildman–Crippen LogP) is 3.23. The highest BCUT2D eigenvalue weighted by atomic mass is 127. The van der Waals surface area contributed by atoms with Gasteiger partial charge in [0.25, 0.3) is 0 Å². The van der Waals surface area contributed by atoms with Crippen molar-refractivity contribution in [3.05, 3.63) is 35.9 Å². The van der Waals surface area contributed by atoms with Crippen molar-refractivity contribution in [1.29, 1.82) is 0 Å². The van der Waals surface area contributed by atoms with Crippen LogP contribution in [0.1, 0.15) is 17.9 Å². The monoisotopic (exact) mass is 258 g/mol. The smallest absolute Gasteiger partial charge is 0.00297 e. The van der Waals surface area contributed by atoms with Crippen molar-refractivity contribution < 1.29 is 0 Å². The van der Waals surface area contributed by atoms with Crippen molar-refractivity contribution in [2.24, 2.45) is 5.92 Å². The first kappa shape index (κ1) is 7.59. The minimum absolute atomic E-state index is 0.882. The summed E-state index contributed by atoms with van der Waals surface area (Å²) in [5.74, 6) is 1.85. The number of hydrogen-bond acceptors (Lipinski definition) is 0. The van der Waals surface area contributed by atoms with E-state index in [4.69, 9.17) is 0 Å².